The van der Waals surface area contributed by atoms with Gasteiger partial charge in [-0.2, -0.15) is 0 Å². The molecule has 0 aliphatic carbocycles. The highest BCUT2D eigenvalue weighted by atomic mass is 16.6. The van der Waals surface area contributed by atoms with Crippen molar-refractivity contribution < 1.29 is 14.3 Å². The third-order valence-corrected chi connectivity index (χ3v) is 2.14. The predicted molar refractivity (Wildman–Crippen MR) is 51.7 cm³/mol. The van der Waals surface area contributed by atoms with Crippen molar-refractivity contribution >= 4 is 11.8 Å². The van der Waals surface area contributed by atoms with Gasteiger partial charge in [-0.05, 0) is 24.3 Å². The number of rotatable bonds is 2. The summed E-state index contributed by atoms with van der Waals surface area (Å²) >= 11 is 0. The number of anilines is 1. The van der Waals surface area contributed by atoms with Gasteiger partial charge in [0, 0.05) is 5.69 Å². The summed E-state index contributed by atoms with van der Waals surface area (Å²) in [7, 11) is 1.61. The molecule has 1 saturated heterocycles. The average Bonchev–Trinajstić information content (AvgIpc) is 2.65. The molecule has 14 heavy (non-hydrogen) atoms. The molecule has 2 rings (SSSR count). The molecule has 1 aliphatic heterocycles. The van der Waals surface area contributed by atoms with Crippen LogP contribution in [0.1, 0.15) is 0 Å². The summed E-state index contributed by atoms with van der Waals surface area (Å²) in [6.45, 7) is 1.08. The van der Waals surface area contributed by atoms with Crippen LogP contribution in [0.3, 0.4) is 0 Å². The average molecular weight is 193 g/mol. The molecule has 4 heteroatoms. The molecule has 0 atom stereocenters. The first kappa shape index (κ1) is 8.87. The lowest BCUT2D eigenvalue weighted by molar-refractivity contribution is 0.181. The van der Waals surface area contributed by atoms with Gasteiger partial charge < -0.3 is 9.47 Å². The minimum absolute atomic E-state index is 0.282. The highest BCUT2D eigenvalue weighted by Gasteiger charge is 2.23. The summed E-state index contributed by atoms with van der Waals surface area (Å²) in [4.78, 5) is 12.8. The van der Waals surface area contributed by atoms with Crippen LogP contribution in [0, 0.1) is 0 Å². The first-order chi connectivity index (χ1) is 6.81. The Morgan fingerprint density at radius 2 is 2.07 bits per heavy atom. The van der Waals surface area contributed by atoms with Gasteiger partial charge in [-0.25, -0.2) is 4.79 Å². The van der Waals surface area contributed by atoms with Crippen LogP contribution >= 0.6 is 0 Å². The summed E-state index contributed by atoms with van der Waals surface area (Å²) in [5, 5.41) is 0. The number of cyclic esters (lactones) is 1. The van der Waals surface area contributed by atoms with Crippen molar-refractivity contribution in [3.05, 3.63) is 24.3 Å². The van der Waals surface area contributed by atoms with Crippen LogP contribution in [-0.2, 0) is 4.74 Å². The Morgan fingerprint density at radius 1 is 1.36 bits per heavy atom. The maximum absolute atomic E-state index is 11.2. The highest BCUT2D eigenvalue weighted by Crippen LogP contribution is 2.21. The van der Waals surface area contributed by atoms with E-state index >= 15 is 0 Å². The van der Waals surface area contributed by atoms with Gasteiger partial charge in [0.05, 0.1) is 13.7 Å². The van der Waals surface area contributed by atoms with Gasteiger partial charge in [0.2, 0.25) is 0 Å². The minimum Gasteiger partial charge on any atom is -0.497 e. The SMILES string of the molecule is COc1ccc(N2CCOC2=O)cc1. The van der Waals surface area contributed by atoms with Crippen molar-refractivity contribution in [2.24, 2.45) is 0 Å². The Hall–Kier alpha value is -1.71. The van der Waals surface area contributed by atoms with Gasteiger partial charge in [0.25, 0.3) is 0 Å². The lowest BCUT2D eigenvalue weighted by Gasteiger charge is -2.12. The molecule has 0 bridgehead atoms. The monoisotopic (exact) mass is 193 g/mol. The number of carbonyl (C=O) groups is 1. The second kappa shape index (κ2) is 3.57. The van der Waals surface area contributed by atoms with Crippen molar-refractivity contribution in [2.75, 3.05) is 25.2 Å². The lowest BCUT2D eigenvalue weighted by Crippen LogP contribution is -2.22. The molecule has 1 fully saturated rings. The summed E-state index contributed by atoms with van der Waals surface area (Å²) in [6, 6.07) is 7.32. The van der Waals surface area contributed by atoms with Gasteiger partial charge in [0.15, 0.2) is 0 Å². The Kier molecular flexibility index (Phi) is 2.26. The molecule has 0 spiro atoms. The topological polar surface area (TPSA) is 38.8 Å². The van der Waals surface area contributed by atoms with Crippen LogP contribution in [0.15, 0.2) is 24.3 Å². The molecule has 1 amide bonds. The zero-order valence-electron chi connectivity index (χ0n) is 7.90. The van der Waals surface area contributed by atoms with Crippen LogP contribution in [0.5, 0.6) is 5.75 Å². The van der Waals surface area contributed by atoms with Crippen molar-refractivity contribution in [3.63, 3.8) is 0 Å². The maximum Gasteiger partial charge on any atom is 0.414 e. The van der Waals surface area contributed by atoms with E-state index in [1.54, 1.807) is 12.0 Å². The number of carbonyl (C=O) groups excluding carboxylic acids is 1. The van der Waals surface area contributed by atoms with E-state index in [2.05, 4.69) is 0 Å². The number of amides is 1. The Balaban J connectivity index is 2.20. The number of benzene rings is 1. The molecule has 1 heterocycles. The molecule has 4 nitrogen and oxygen atoms in total. The number of methoxy groups -OCH3 is 1. The van der Waals surface area contributed by atoms with Crippen LogP contribution in [-0.4, -0.2) is 26.4 Å². The molecule has 0 unspecified atom stereocenters. The third-order valence-electron chi connectivity index (χ3n) is 2.14. The normalized spacial score (nSPS) is 15.5. The second-order valence-corrected chi connectivity index (χ2v) is 2.96. The molecule has 0 N–H and O–H groups in total. The zero-order chi connectivity index (χ0) is 9.97. The van der Waals surface area contributed by atoms with Gasteiger partial charge in [0.1, 0.15) is 12.4 Å². The third kappa shape index (κ3) is 1.51. The van der Waals surface area contributed by atoms with E-state index < -0.39 is 0 Å². The zero-order valence-corrected chi connectivity index (χ0v) is 7.90. The quantitative estimate of drug-likeness (QED) is 0.716. The van der Waals surface area contributed by atoms with E-state index in [4.69, 9.17) is 9.47 Å². The molecule has 1 aliphatic rings. The van der Waals surface area contributed by atoms with Gasteiger partial charge in [-0.1, -0.05) is 0 Å². The molecular weight excluding hydrogens is 182 g/mol. The number of hydrogen-bond donors (Lipinski definition) is 0. The molecule has 74 valence electrons. The smallest absolute Gasteiger partial charge is 0.414 e. The Bertz CT molecular complexity index is 334. The van der Waals surface area contributed by atoms with Crippen molar-refractivity contribution in [1.82, 2.24) is 0 Å². The fraction of sp³-hybridized carbons (Fsp3) is 0.300. The molecule has 0 radical (unpaired) electrons. The molecule has 1 aromatic rings. The lowest BCUT2D eigenvalue weighted by atomic mass is 10.3. The maximum atomic E-state index is 11.2. The molecule has 1 aromatic carbocycles. The van der Waals surface area contributed by atoms with E-state index in [1.165, 1.54) is 0 Å². The summed E-state index contributed by atoms with van der Waals surface area (Å²) in [5.41, 5.74) is 0.841. The van der Waals surface area contributed by atoms with Crippen LogP contribution in [0.25, 0.3) is 0 Å². The highest BCUT2D eigenvalue weighted by molar-refractivity contribution is 5.89. The second-order valence-electron chi connectivity index (χ2n) is 2.96. The van der Waals surface area contributed by atoms with Crippen molar-refractivity contribution in [3.8, 4) is 5.75 Å². The molecular formula is C10H11NO3. The van der Waals surface area contributed by atoms with Crippen LogP contribution in [0.4, 0.5) is 10.5 Å². The van der Waals surface area contributed by atoms with Gasteiger partial charge >= 0.3 is 6.09 Å². The van der Waals surface area contributed by atoms with E-state index in [0.717, 1.165) is 11.4 Å². The number of ether oxygens (including phenoxy) is 2. The van der Waals surface area contributed by atoms with E-state index in [1.807, 2.05) is 24.3 Å². The van der Waals surface area contributed by atoms with Gasteiger partial charge in [-0.3, -0.25) is 4.90 Å². The standard InChI is InChI=1S/C10H11NO3/c1-13-9-4-2-8(3-5-9)11-6-7-14-10(11)12/h2-5H,6-7H2,1H3. The first-order valence-electron chi connectivity index (χ1n) is 4.39. The fourth-order valence-corrected chi connectivity index (χ4v) is 1.39. The van der Waals surface area contributed by atoms with E-state index in [9.17, 15) is 4.79 Å². The van der Waals surface area contributed by atoms with Crippen LogP contribution < -0.4 is 9.64 Å². The molecule has 0 aromatic heterocycles. The Morgan fingerprint density at radius 3 is 2.57 bits per heavy atom. The Labute approximate surface area is 82.0 Å². The minimum atomic E-state index is -0.282. The summed E-state index contributed by atoms with van der Waals surface area (Å²) in [5.74, 6) is 0.779. The number of hydrogen-bond acceptors (Lipinski definition) is 3. The first-order valence-corrected chi connectivity index (χ1v) is 4.39. The molecule has 0 saturated carbocycles. The summed E-state index contributed by atoms with van der Waals surface area (Å²) in [6.07, 6.45) is -0.282. The van der Waals surface area contributed by atoms with Crippen molar-refractivity contribution in [2.45, 2.75) is 0 Å². The van der Waals surface area contributed by atoms with Gasteiger partial charge in [-0.15, -0.1) is 0 Å². The van der Waals surface area contributed by atoms with Crippen molar-refractivity contribution in [1.29, 1.82) is 0 Å². The number of nitrogens with zero attached hydrogens (tertiary/aromatic N) is 1. The largest absolute Gasteiger partial charge is 0.497 e. The predicted octanol–water partition coefficient (Wildman–Crippen LogP) is 1.65. The van der Waals surface area contributed by atoms with E-state index in [0.29, 0.717) is 13.2 Å². The fourth-order valence-electron chi connectivity index (χ4n) is 1.39. The van der Waals surface area contributed by atoms with Crippen LogP contribution in [0.2, 0.25) is 0 Å². The summed E-state index contributed by atoms with van der Waals surface area (Å²) < 4.78 is 9.86. The van der Waals surface area contributed by atoms with E-state index in [-0.39, 0.29) is 6.09 Å².